The number of likely N-dealkylation sites (tertiary alicyclic amines) is 1. The highest BCUT2D eigenvalue weighted by atomic mass is 35.5. The first-order chi connectivity index (χ1) is 21.1. The number of pyridine rings is 2. The molecule has 10 heteroatoms. The molecule has 0 bridgehead atoms. The van der Waals surface area contributed by atoms with Crippen LogP contribution in [0.3, 0.4) is 0 Å². The van der Waals surface area contributed by atoms with Crippen LogP contribution in [0.1, 0.15) is 80.6 Å². The minimum Gasteiger partial charge on any atom is -0.444 e. The first-order valence-electron chi connectivity index (χ1n) is 15.7. The number of hydrogen-bond donors (Lipinski definition) is 0. The highest BCUT2D eigenvalue weighted by Crippen LogP contribution is 2.40. The Morgan fingerprint density at radius 3 is 2.33 bits per heavy atom. The molecule has 0 radical (unpaired) electrons. The maximum atomic E-state index is 13.9. The Labute approximate surface area is 274 Å². The Bertz CT molecular complexity index is 1430. The number of halogens is 1. The molecular formula is C35H47ClN4O4Si. The summed E-state index contributed by atoms with van der Waals surface area (Å²) < 4.78 is 13.0. The smallest absolute Gasteiger partial charge is 0.410 e. The summed E-state index contributed by atoms with van der Waals surface area (Å²) in [6, 6.07) is 14.9. The van der Waals surface area contributed by atoms with Crippen LogP contribution in [0.15, 0.2) is 67.1 Å². The topological polar surface area (TPSA) is 84.9 Å². The van der Waals surface area contributed by atoms with E-state index in [2.05, 4.69) is 36.9 Å². The van der Waals surface area contributed by atoms with Crippen molar-refractivity contribution in [1.29, 1.82) is 0 Å². The van der Waals surface area contributed by atoms with Crippen molar-refractivity contribution in [1.82, 2.24) is 19.8 Å². The molecule has 242 valence electrons. The molecule has 1 aromatic carbocycles. The lowest BCUT2D eigenvalue weighted by atomic mass is 10.0. The lowest BCUT2D eigenvalue weighted by Gasteiger charge is -2.40. The Hall–Kier alpha value is -3.27. The minimum absolute atomic E-state index is 0.0600. The van der Waals surface area contributed by atoms with Gasteiger partial charge in [-0.3, -0.25) is 14.7 Å². The van der Waals surface area contributed by atoms with E-state index < -0.39 is 13.9 Å². The van der Waals surface area contributed by atoms with Crippen molar-refractivity contribution >= 4 is 31.9 Å². The number of carbonyl (C=O) groups is 2. The molecular weight excluding hydrogens is 604 g/mol. The molecule has 0 N–H and O–H groups in total. The van der Waals surface area contributed by atoms with Crippen molar-refractivity contribution in [2.45, 2.75) is 103 Å². The van der Waals surface area contributed by atoms with Gasteiger partial charge in [-0.05, 0) is 94.1 Å². The van der Waals surface area contributed by atoms with E-state index in [4.69, 9.17) is 20.8 Å². The van der Waals surface area contributed by atoms with Gasteiger partial charge < -0.3 is 14.1 Å². The summed E-state index contributed by atoms with van der Waals surface area (Å²) in [4.78, 5) is 39.1. The fourth-order valence-electron chi connectivity index (χ4n) is 5.51. The van der Waals surface area contributed by atoms with E-state index in [0.29, 0.717) is 29.2 Å². The molecule has 0 saturated carbocycles. The second-order valence-electron chi connectivity index (χ2n) is 13.8. The van der Waals surface area contributed by atoms with Crippen LogP contribution in [-0.4, -0.2) is 64.8 Å². The van der Waals surface area contributed by atoms with Crippen molar-refractivity contribution in [3.05, 3.63) is 94.5 Å². The summed E-state index contributed by atoms with van der Waals surface area (Å²) >= 11 is 6.15. The van der Waals surface area contributed by atoms with Crippen LogP contribution in [0.2, 0.25) is 23.8 Å². The lowest BCUT2D eigenvalue weighted by Crippen LogP contribution is -2.49. The number of nitrogens with zero attached hydrogens (tertiary/aromatic N) is 4. The first kappa shape index (κ1) is 34.6. The summed E-state index contributed by atoms with van der Waals surface area (Å²) in [5, 5.41) is 0.413. The molecule has 0 aliphatic carbocycles. The van der Waals surface area contributed by atoms with E-state index in [9.17, 15) is 9.59 Å². The van der Waals surface area contributed by atoms with Crippen molar-refractivity contribution < 1.29 is 18.8 Å². The third kappa shape index (κ3) is 9.14. The van der Waals surface area contributed by atoms with E-state index in [1.54, 1.807) is 36.6 Å². The molecule has 3 atom stereocenters. The van der Waals surface area contributed by atoms with Crippen molar-refractivity contribution in [2.75, 3.05) is 7.05 Å². The van der Waals surface area contributed by atoms with Gasteiger partial charge in [-0.1, -0.05) is 49.7 Å². The van der Waals surface area contributed by atoms with E-state index in [1.807, 2.05) is 68.1 Å². The lowest BCUT2D eigenvalue weighted by molar-refractivity contribution is -0.00204. The SMILES string of the molecule is CC(C)[Si](C)(C)O[C@H](c1ccc(Cl)nc1)[C@H]1CC[C@@H](Cc2ccc(C(=O)N(C)Cc3cccnc3)cc2)N1C(=O)OC(C)(C)C. The van der Waals surface area contributed by atoms with Crippen LogP contribution in [0.5, 0.6) is 0 Å². The highest BCUT2D eigenvalue weighted by Gasteiger charge is 2.46. The van der Waals surface area contributed by atoms with Gasteiger partial charge in [-0.15, -0.1) is 0 Å². The molecule has 3 aromatic rings. The number of ether oxygens (including phenoxy) is 1. The van der Waals surface area contributed by atoms with Gasteiger partial charge in [0.25, 0.3) is 5.91 Å². The summed E-state index contributed by atoms with van der Waals surface area (Å²) in [6.45, 7) is 15.0. The standard InChI is InChI=1S/C35H47ClN4O4Si/c1-24(2)45(7,8)44-32(28-15-18-31(36)38-22-28)30-17-16-29(40(30)34(42)43-35(3,4)5)20-25-11-13-27(14-12-25)33(41)39(6)23-26-10-9-19-37-21-26/h9-15,18-19,21-22,24,29-30,32H,16-17,20,23H2,1-8H3/t29-,30+,32+/m0/s1. The van der Waals surface area contributed by atoms with E-state index >= 15 is 0 Å². The van der Waals surface area contributed by atoms with Gasteiger partial charge in [0.15, 0.2) is 8.32 Å². The number of carbonyl (C=O) groups excluding carboxylic acids is 2. The third-order valence-corrected chi connectivity index (χ3v) is 12.4. The van der Waals surface area contributed by atoms with E-state index in [0.717, 1.165) is 29.5 Å². The fraction of sp³-hybridized carbons (Fsp3) is 0.486. The Kier molecular flexibility index (Phi) is 11.1. The van der Waals surface area contributed by atoms with E-state index in [1.165, 1.54) is 0 Å². The van der Waals surface area contributed by atoms with Crippen LogP contribution >= 0.6 is 11.6 Å². The second-order valence-corrected chi connectivity index (χ2v) is 18.8. The van der Waals surface area contributed by atoms with Crippen LogP contribution in [0.25, 0.3) is 0 Å². The fourth-order valence-corrected chi connectivity index (χ4v) is 6.84. The molecule has 2 aromatic heterocycles. The molecule has 2 amide bonds. The molecule has 45 heavy (non-hydrogen) atoms. The molecule has 1 aliphatic rings. The largest absolute Gasteiger partial charge is 0.444 e. The zero-order valence-electron chi connectivity index (χ0n) is 27.8. The number of aromatic nitrogens is 2. The zero-order chi connectivity index (χ0) is 32.9. The predicted octanol–water partition coefficient (Wildman–Crippen LogP) is 8.09. The summed E-state index contributed by atoms with van der Waals surface area (Å²) in [5.74, 6) is -0.0600. The Morgan fingerprint density at radius 1 is 1.04 bits per heavy atom. The number of benzene rings is 1. The molecule has 0 unspecified atom stereocenters. The molecule has 1 aliphatic heterocycles. The van der Waals surface area contributed by atoms with Crippen LogP contribution in [0, 0.1) is 0 Å². The van der Waals surface area contributed by atoms with Crippen LogP contribution in [0.4, 0.5) is 4.79 Å². The maximum absolute atomic E-state index is 13.9. The summed E-state index contributed by atoms with van der Waals surface area (Å²) in [6.07, 6.45) is 6.72. The van der Waals surface area contributed by atoms with Gasteiger partial charge in [0, 0.05) is 49.4 Å². The molecule has 1 saturated heterocycles. The molecule has 0 spiro atoms. The number of rotatable bonds is 10. The molecule has 3 heterocycles. The number of amides is 2. The van der Waals surface area contributed by atoms with Gasteiger partial charge in [-0.25, -0.2) is 9.78 Å². The average Bonchev–Trinajstić information content (AvgIpc) is 3.39. The second kappa shape index (κ2) is 14.4. The molecule has 4 rings (SSSR count). The monoisotopic (exact) mass is 650 g/mol. The average molecular weight is 651 g/mol. The zero-order valence-corrected chi connectivity index (χ0v) is 29.5. The van der Waals surface area contributed by atoms with Gasteiger partial charge in [0.05, 0.1) is 12.1 Å². The summed E-state index contributed by atoms with van der Waals surface area (Å²) in [7, 11) is -0.355. The molecule has 1 fully saturated rings. The normalized spacial score (nSPS) is 17.8. The minimum atomic E-state index is -2.15. The van der Waals surface area contributed by atoms with Crippen LogP contribution in [-0.2, 0) is 22.1 Å². The Morgan fingerprint density at radius 2 is 1.76 bits per heavy atom. The third-order valence-electron chi connectivity index (χ3n) is 8.56. The van der Waals surface area contributed by atoms with Gasteiger partial charge in [-0.2, -0.15) is 0 Å². The van der Waals surface area contributed by atoms with Gasteiger partial charge in [0.1, 0.15) is 10.8 Å². The van der Waals surface area contributed by atoms with Crippen molar-refractivity contribution in [3.8, 4) is 0 Å². The van der Waals surface area contributed by atoms with Crippen molar-refractivity contribution in [2.24, 2.45) is 0 Å². The van der Waals surface area contributed by atoms with Gasteiger partial charge >= 0.3 is 6.09 Å². The van der Waals surface area contributed by atoms with Crippen molar-refractivity contribution in [3.63, 3.8) is 0 Å². The van der Waals surface area contributed by atoms with E-state index in [-0.39, 0.29) is 30.2 Å². The summed E-state index contributed by atoms with van der Waals surface area (Å²) in [5.41, 5.74) is 3.25. The first-order valence-corrected chi connectivity index (χ1v) is 19.0. The van der Waals surface area contributed by atoms with Gasteiger partial charge in [0.2, 0.25) is 0 Å². The number of hydrogen-bond acceptors (Lipinski definition) is 6. The predicted molar refractivity (Wildman–Crippen MR) is 181 cm³/mol. The molecule has 8 nitrogen and oxygen atoms in total. The van der Waals surface area contributed by atoms with Crippen LogP contribution < -0.4 is 0 Å². The highest BCUT2D eigenvalue weighted by molar-refractivity contribution is 6.72. The quantitative estimate of drug-likeness (QED) is 0.163. The Balaban J connectivity index is 1.58. The maximum Gasteiger partial charge on any atom is 0.410 e.